The first-order chi connectivity index (χ1) is 12.1. The van der Waals surface area contributed by atoms with Crippen LogP contribution in [0.2, 0.25) is 5.15 Å². The first kappa shape index (κ1) is 15.7. The van der Waals surface area contributed by atoms with E-state index in [1.54, 1.807) is 24.5 Å². The minimum atomic E-state index is -0.273. The van der Waals surface area contributed by atoms with Gasteiger partial charge >= 0.3 is 0 Å². The normalized spacial score (nSPS) is 11.2. The van der Waals surface area contributed by atoms with Crippen LogP contribution in [0.4, 0.5) is 4.39 Å². The van der Waals surface area contributed by atoms with E-state index in [4.69, 9.17) is 11.6 Å². The Morgan fingerprint density at radius 1 is 0.960 bits per heavy atom. The van der Waals surface area contributed by atoms with Crippen molar-refractivity contribution >= 4 is 22.5 Å². The number of hydrogen-bond donors (Lipinski definition) is 0. The molecular formula is C19H14ClFN4. The van der Waals surface area contributed by atoms with Crippen LogP contribution in [0.15, 0.2) is 48.8 Å². The lowest BCUT2D eigenvalue weighted by molar-refractivity contribution is 0.628. The van der Waals surface area contributed by atoms with Crippen LogP contribution in [0.25, 0.3) is 33.3 Å². The minimum Gasteiger partial charge on any atom is -0.341 e. The Labute approximate surface area is 148 Å². The van der Waals surface area contributed by atoms with E-state index in [0.29, 0.717) is 5.15 Å². The summed E-state index contributed by atoms with van der Waals surface area (Å²) in [5, 5.41) is 9.41. The van der Waals surface area contributed by atoms with E-state index in [1.807, 2.05) is 30.7 Å². The van der Waals surface area contributed by atoms with Crippen LogP contribution in [-0.4, -0.2) is 19.7 Å². The second kappa shape index (κ2) is 5.93. The number of nitrogens with zero attached hydrogens (tertiary/aromatic N) is 4. The van der Waals surface area contributed by atoms with Crippen LogP contribution >= 0.6 is 11.6 Å². The van der Waals surface area contributed by atoms with Crippen molar-refractivity contribution in [2.24, 2.45) is 7.05 Å². The molecule has 0 unspecified atom stereocenters. The minimum absolute atomic E-state index is 0.273. The number of rotatable bonds is 2. The van der Waals surface area contributed by atoms with Gasteiger partial charge in [-0.2, -0.15) is 5.10 Å². The van der Waals surface area contributed by atoms with Crippen molar-refractivity contribution < 1.29 is 4.39 Å². The highest BCUT2D eigenvalue weighted by Crippen LogP contribution is 2.42. The van der Waals surface area contributed by atoms with Crippen molar-refractivity contribution in [3.8, 4) is 22.4 Å². The number of benzene rings is 1. The maximum Gasteiger partial charge on any atom is 0.161 e. The van der Waals surface area contributed by atoms with Gasteiger partial charge in [-0.05, 0) is 54.4 Å². The number of aromatic nitrogens is 4. The van der Waals surface area contributed by atoms with Crippen molar-refractivity contribution in [3.05, 3.63) is 65.5 Å². The van der Waals surface area contributed by atoms with Crippen molar-refractivity contribution in [3.63, 3.8) is 0 Å². The van der Waals surface area contributed by atoms with Gasteiger partial charge in [0.05, 0.1) is 16.9 Å². The first-order valence-electron chi connectivity index (χ1n) is 7.75. The molecule has 4 aromatic rings. The van der Waals surface area contributed by atoms with Crippen LogP contribution in [0.3, 0.4) is 0 Å². The second-order valence-electron chi connectivity index (χ2n) is 5.83. The molecule has 0 amide bonds. The number of halogens is 2. The first-order valence-corrected chi connectivity index (χ1v) is 8.13. The molecule has 4 nitrogen and oxygen atoms in total. The Kier molecular flexibility index (Phi) is 3.73. The zero-order chi connectivity index (χ0) is 17.6. The van der Waals surface area contributed by atoms with E-state index in [1.165, 1.54) is 12.1 Å². The highest BCUT2D eigenvalue weighted by Gasteiger charge is 2.22. The zero-order valence-corrected chi connectivity index (χ0v) is 14.4. The van der Waals surface area contributed by atoms with Gasteiger partial charge in [0.2, 0.25) is 0 Å². The van der Waals surface area contributed by atoms with Crippen LogP contribution in [0.1, 0.15) is 5.69 Å². The quantitative estimate of drug-likeness (QED) is 0.520. The van der Waals surface area contributed by atoms with Crippen LogP contribution in [0.5, 0.6) is 0 Å². The number of hydrogen-bond acceptors (Lipinski definition) is 3. The molecule has 6 heteroatoms. The van der Waals surface area contributed by atoms with Gasteiger partial charge in [-0.25, -0.2) is 4.39 Å². The maximum absolute atomic E-state index is 13.4. The zero-order valence-electron chi connectivity index (χ0n) is 13.7. The Bertz CT molecular complexity index is 1070. The molecule has 25 heavy (non-hydrogen) atoms. The Hall–Kier alpha value is -2.79. The topological polar surface area (TPSA) is 43.6 Å². The van der Waals surface area contributed by atoms with Gasteiger partial charge < -0.3 is 4.57 Å². The fraction of sp³-hybridized carbons (Fsp3) is 0.105. The van der Waals surface area contributed by atoms with Crippen molar-refractivity contribution in [2.75, 3.05) is 0 Å². The van der Waals surface area contributed by atoms with Crippen LogP contribution in [-0.2, 0) is 7.05 Å². The Morgan fingerprint density at radius 3 is 2.32 bits per heavy atom. The smallest absolute Gasteiger partial charge is 0.161 e. The molecule has 0 aliphatic heterocycles. The Morgan fingerprint density at radius 2 is 1.64 bits per heavy atom. The fourth-order valence-electron chi connectivity index (χ4n) is 3.27. The van der Waals surface area contributed by atoms with E-state index in [0.717, 1.165) is 39.0 Å². The summed E-state index contributed by atoms with van der Waals surface area (Å²) in [5.74, 6) is -0.273. The summed E-state index contributed by atoms with van der Waals surface area (Å²) in [5.41, 5.74) is 5.42. The summed E-state index contributed by atoms with van der Waals surface area (Å²) in [7, 11) is 1.96. The third kappa shape index (κ3) is 2.48. The SMILES string of the molecule is Cc1nnc(Cl)c2c(-c3ccncc3)c(-c3ccc(F)cc3)n(C)c12. The van der Waals surface area contributed by atoms with E-state index >= 15 is 0 Å². The molecule has 0 radical (unpaired) electrons. The molecule has 0 N–H and O–H groups in total. The second-order valence-corrected chi connectivity index (χ2v) is 6.18. The highest BCUT2D eigenvalue weighted by atomic mass is 35.5. The van der Waals surface area contributed by atoms with Gasteiger partial charge in [0.1, 0.15) is 5.82 Å². The van der Waals surface area contributed by atoms with Crippen molar-refractivity contribution in [1.82, 2.24) is 19.7 Å². The molecule has 0 fully saturated rings. The van der Waals surface area contributed by atoms with Gasteiger partial charge in [-0.3, -0.25) is 4.98 Å². The molecular weight excluding hydrogens is 339 g/mol. The lowest BCUT2D eigenvalue weighted by atomic mass is 10.00. The average molecular weight is 353 g/mol. The summed E-state index contributed by atoms with van der Waals surface area (Å²) in [6.07, 6.45) is 3.47. The summed E-state index contributed by atoms with van der Waals surface area (Å²) in [6, 6.07) is 10.3. The molecule has 0 saturated carbocycles. The molecule has 0 spiro atoms. The number of pyridine rings is 1. The Balaban J connectivity index is 2.18. The van der Waals surface area contributed by atoms with Gasteiger partial charge in [0, 0.05) is 30.4 Å². The number of aryl methyl sites for hydroxylation is 2. The summed E-state index contributed by atoms with van der Waals surface area (Å²) >= 11 is 6.42. The number of fused-ring (bicyclic) bond motifs is 1. The highest BCUT2D eigenvalue weighted by molar-refractivity contribution is 6.36. The predicted octanol–water partition coefficient (Wildman–Crippen LogP) is 4.80. The molecule has 3 aromatic heterocycles. The molecule has 0 aliphatic carbocycles. The molecule has 124 valence electrons. The molecule has 0 bridgehead atoms. The summed E-state index contributed by atoms with van der Waals surface area (Å²) in [4.78, 5) is 4.09. The van der Waals surface area contributed by atoms with Crippen molar-refractivity contribution in [1.29, 1.82) is 0 Å². The third-order valence-corrected chi connectivity index (χ3v) is 4.58. The van der Waals surface area contributed by atoms with Gasteiger partial charge in [-0.1, -0.05) is 11.6 Å². The molecule has 1 aromatic carbocycles. The monoisotopic (exact) mass is 352 g/mol. The van der Waals surface area contributed by atoms with E-state index in [-0.39, 0.29) is 5.82 Å². The van der Waals surface area contributed by atoms with E-state index in [2.05, 4.69) is 15.2 Å². The third-order valence-electron chi connectivity index (χ3n) is 4.32. The molecule has 4 rings (SSSR count). The van der Waals surface area contributed by atoms with Crippen LogP contribution < -0.4 is 0 Å². The van der Waals surface area contributed by atoms with Gasteiger partial charge in [0.25, 0.3) is 0 Å². The largest absolute Gasteiger partial charge is 0.341 e. The van der Waals surface area contributed by atoms with Crippen molar-refractivity contribution in [2.45, 2.75) is 6.92 Å². The molecule has 0 atom stereocenters. The van der Waals surface area contributed by atoms with E-state index in [9.17, 15) is 4.39 Å². The summed E-state index contributed by atoms with van der Waals surface area (Å²) in [6.45, 7) is 1.90. The van der Waals surface area contributed by atoms with Gasteiger partial charge in [0.15, 0.2) is 5.15 Å². The standard InChI is InChI=1S/C19H14ClFN4/c1-11-17-16(19(20)24-23-11)15(12-7-9-22-10-8-12)18(25(17)2)13-3-5-14(21)6-4-13/h3-10H,1-2H3. The maximum atomic E-state index is 13.4. The van der Waals surface area contributed by atoms with Gasteiger partial charge in [-0.15, -0.1) is 5.10 Å². The summed E-state index contributed by atoms with van der Waals surface area (Å²) < 4.78 is 15.4. The average Bonchev–Trinajstić information content (AvgIpc) is 2.94. The lowest BCUT2D eigenvalue weighted by Crippen LogP contribution is -1.96. The molecule has 0 aliphatic rings. The lowest BCUT2D eigenvalue weighted by Gasteiger charge is -2.09. The van der Waals surface area contributed by atoms with E-state index < -0.39 is 0 Å². The fourth-order valence-corrected chi connectivity index (χ4v) is 3.49. The molecule has 0 saturated heterocycles. The molecule has 3 heterocycles. The van der Waals surface area contributed by atoms with Crippen LogP contribution in [0, 0.1) is 12.7 Å². The predicted molar refractivity (Wildman–Crippen MR) is 96.9 cm³/mol.